The number of carbonyl (C=O) groups is 1. The molecule has 1 aliphatic rings. The predicted molar refractivity (Wildman–Crippen MR) is 135 cm³/mol. The molecular weight excluding hydrogens is 507 g/mol. The van der Waals surface area contributed by atoms with Gasteiger partial charge in [0.25, 0.3) is 0 Å². The number of hydrogen-bond donors (Lipinski definition) is 2. The number of halogens is 3. The first kappa shape index (κ1) is 26.1. The largest absolute Gasteiger partial charge is 0.459 e. The lowest BCUT2D eigenvalue weighted by molar-refractivity contribution is -0.157. The molecule has 0 aliphatic carbocycles. The summed E-state index contributed by atoms with van der Waals surface area (Å²) in [5, 5.41) is 3.44. The van der Waals surface area contributed by atoms with Gasteiger partial charge >= 0.3 is 5.97 Å². The Bertz CT molecular complexity index is 1020. The van der Waals surface area contributed by atoms with Crippen LogP contribution >= 0.6 is 27.5 Å². The average Bonchev–Trinajstić information content (AvgIpc) is 2.95. The third kappa shape index (κ3) is 5.61. The van der Waals surface area contributed by atoms with Crippen LogP contribution in [0.5, 0.6) is 0 Å². The summed E-state index contributed by atoms with van der Waals surface area (Å²) in [5.41, 5.74) is 6.48. The Morgan fingerprint density at radius 2 is 1.76 bits per heavy atom. The molecule has 2 aromatic rings. The highest BCUT2D eigenvalue weighted by molar-refractivity contribution is 9.10. The van der Waals surface area contributed by atoms with Crippen LogP contribution in [0.4, 0.5) is 4.39 Å². The Labute approximate surface area is 209 Å². The summed E-state index contributed by atoms with van der Waals surface area (Å²) in [7, 11) is 0. The van der Waals surface area contributed by atoms with E-state index in [4.69, 9.17) is 22.1 Å². The Morgan fingerprint density at radius 1 is 1.15 bits per heavy atom. The fourth-order valence-corrected chi connectivity index (χ4v) is 5.12. The van der Waals surface area contributed by atoms with Crippen molar-refractivity contribution >= 4 is 33.5 Å². The summed E-state index contributed by atoms with van der Waals surface area (Å²) < 4.78 is 22.1. The zero-order valence-electron chi connectivity index (χ0n) is 20.0. The standard InChI is InChI=1S/C26H33BrClFN2O2/c1-24(2,3)14-19-26(30,15-10-12-16(27)13-11-15)20(17-8-7-9-18(28)21(17)29)22(31-19)23(32)33-25(4,5)6/h7-13,19-20,22,31H,14,30H2,1-6H3/t19-,20-,22+,26+/m0/s1. The number of rotatable bonds is 4. The van der Waals surface area contributed by atoms with Gasteiger partial charge in [-0.1, -0.05) is 72.6 Å². The van der Waals surface area contributed by atoms with E-state index in [0.717, 1.165) is 10.0 Å². The van der Waals surface area contributed by atoms with Crippen molar-refractivity contribution < 1.29 is 13.9 Å². The number of nitrogens with two attached hydrogens (primary N) is 1. The molecule has 1 heterocycles. The van der Waals surface area contributed by atoms with Gasteiger partial charge in [0.1, 0.15) is 17.5 Å². The van der Waals surface area contributed by atoms with Gasteiger partial charge < -0.3 is 10.5 Å². The van der Waals surface area contributed by atoms with Crippen LogP contribution in [0.3, 0.4) is 0 Å². The van der Waals surface area contributed by atoms with Crippen LogP contribution in [-0.4, -0.2) is 23.7 Å². The van der Waals surface area contributed by atoms with Crippen molar-refractivity contribution in [1.82, 2.24) is 5.32 Å². The molecule has 1 saturated heterocycles. The lowest BCUT2D eigenvalue weighted by Gasteiger charge is -2.39. The number of carbonyl (C=O) groups excluding carboxylic acids is 1. The second-order valence-corrected chi connectivity index (χ2v) is 12.4. The van der Waals surface area contributed by atoms with E-state index in [-0.39, 0.29) is 16.5 Å². The van der Waals surface area contributed by atoms with Crippen LogP contribution in [0.2, 0.25) is 5.02 Å². The normalized spacial score (nSPS) is 25.8. The lowest BCUT2D eigenvalue weighted by Crippen LogP contribution is -2.52. The SMILES string of the molecule is CC(C)(C)C[C@@H]1N[C@@H](C(=O)OC(C)(C)C)[C@H](c2cccc(Cl)c2F)[C@@]1(N)c1ccc(Br)cc1. The molecular formula is C26H33BrClFN2O2. The second-order valence-electron chi connectivity index (χ2n) is 11.1. The molecule has 7 heteroatoms. The highest BCUT2D eigenvalue weighted by Gasteiger charge is 2.58. The van der Waals surface area contributed by atoms with Crippen LogP contribution in [0.15, 0.2) is 46.9 Å². The smallest absolute Gasteiger partial charge is 0.324 e. The predicted octanol–water partition coefficient (Wildman–Crippen LogP) is 6.30. The van der Waals surface area contributed by atoms with Crippen molar-refractivity contribution in [2.24, 2.45) is 11.1 Å². The van der Waals surface area contributed by atoms with E-state index in [9.17, 15) is 4.79 Å². The molecule has 0 unspecified atom stereocenters. The summed E-state index contributed by atoms with van der Waals surface area (Å²) in [5.74, 6) is -1.77. The van der Waals surface area contributed by atoms with E-state index < -0.39 is 34.9 Å². The van der Waals surface area contributed by atoms with Gasteiger partial charge in [0.2, 0.25) is 0 Å². The molecule has 180 valence electrons. The maximum Gasteiger partial charge on any atom is 0.324 e. The van der Waals surface area contributed by atoms with Gasteiger partial charge in [-0.05, 0) is 61.9 Å². The Balaban J connectivity index is 2.25. The van der Waals surface area contributed by atoms with Crippen LogP contribution in [0.25, 0.3) is 0 Å². The van der Waals surface area contributed by atoms with Crippen LogP contribution in [0.1, 0.15) is 65.0 Å². The summed E-state index contributed by atoms with van der Waals surface area (Å²) in [6.07, 6.45) is 0.664. The van der Waals surface area contributed by atoms with Gasteiger partial charge in [-0.25, -0.2) is 4.39 Å². The van der Waals surface area contributed by atoms with E-state index in [0.29, 0.717) is 12.0 Å². The fraction of sp³-hybridized carbons (Fsp3) is 0.500. The van der Waals surface area contributed by atoms with Crippen LogP contribution in [-0.2, 0) is 15.1 Å². The van der Waals surface area contributed by atoms with E-state index >= 15 is 4.39 Å². The lowest BCUT2D eigenvalue weighted by atomic mass is 9.68. The minimum absolute atomic E-state index is 0.00661. The summed E-state index contributed by atoms with van der Waals surface area (Å²) in [4.78, 5) is 13.4. The van der Waals surface area contributed by atoms with Gasteiger partial charge in [0, 0.05) is 16.4 Å². The minimum atomic E-state index is -1.10. The van der Waals surface area contributed by atoms with Gasteiger partial charge in [0.05, 0.1) is 10.6 Å². The molecule has 0 bridgehead atoms. The van der Waals surface area contributed by atoms with Gasteiger partial charge in [0.15, 0.2) is 0 Å². The molecule has 4 nitrogen and oxygen atoms in total. The molecule has 2 aromatic carbocycles. The summed E-state index contributed by atoms with van der Waals surface area (Å²) in [6.45, 7) is 11.8. The number of ether oxygens (including phenoxy) is 1. The van der Waals surface area contributed by atoms with Gasteiger partial charge in [-0.2, -0.15) is 0 Å². The topological polar surface area (TPSA) is 64.3 Å². The molecule has 0 amide bonds. The zero-order chi connectivity index (χ0) is 24.8. The maximum atomic E-state index is 15.4. The van der Waals surface area contributed by atoms with Gasteiger partial charge in [-0.15, -0.1) is 0 Å². The average molecular weight is 540 g/mol. The summed E-state index contributed by atoms with van der Waals surface area (Å²) in [6, 6.07) is 11.3. The number of hydrogen-bond acceptors (Lipinski definition) is 4. The third-order valence-electron chi connectivity index (χ3n) is 5.94. The van der Waals surface area contributed by atoms with E-state index in [2.05, 4.69) is 42.0 Å². The quantitative estimate of drug-likeness (QED) is 0.448. The minimum Gasteiger partial charge on any atom is -0.459 e. The van der Waals surface area contributed by atoms with Crippen LogP contribution < -0.4 is 11.1 Å². The van der Waals surface area contributed by atoms with Crippen molar-refractivity contribution in [1.29, 1.82) is 0 Å². The first-order chi connectivity index (χ1) is 15.1. The Kier molecular flexibility index (Phi) is 7.36. The first-order valence-corrected chi connectivity index (χ1v) is 12.3. The van der Waals surface area contributed by atoms with E-state index in [1.54, 1.807) is 12.1 Å². The maximum absolute atomic E-state index is 15.4. The Morgan fingerprint density at radius 3 is 2.30 bits per heavy atom. The van der Waals surface area contributed by atoms with E-state index in [1.165, 1.54) is 6.07 Å². The highest BCUT2D eigenvalue weighted by atomic mass is 79.9. The van der Waals surface area contributed by atoms with Crippen molar-refractivity contribution in [3.8, 4) is 0 Å². The number of nitrogens with one attached hydrogen (secondary N) is 1. The van der Waals surface area contributed by atoms with E-state index in [1.807, 2.05) is 45.0 Å². The fourth-order valence-electron chi connectivity index (χ4n) is 4.67. The molecule has 3 rings (SSSR count). The molecule has 4 atom stereocenters. The van der Waals surface area contributed by atoms with Crippen molar-refractivity contribution in [2.75, 3.05) is 0 Å². The van der Waals surface area contributed by atoms with Crippen molar-refractivity contribution in [2.45, 2.75) is 77.1 Å². The molecule has 1 aliphatic heterocycles. The molecule has 1 fully saturated rings. The molecule has 33 heavy (non-hydrogen) atoms. The Hall–Kier alpha value is -1.47. The van der Waals surface area contributed by atoms with Gasteiger partial charge in [-0.3, -0.25) is 10.1 Å². The zero-order valence-corrected chi connectivity index (χ0v) is 22.4. The third-order valence-corrected chi connectivity index (χ3v) is 6.76. The molecule has 0 radical (unpaired) electrons. The van der Waals surface area contributed by atoms with Crippen molar-refractivity contribution in [3.05, 3.63) is 68.9 Å². The second kappa shape index (κ2) is 9.29. The monoisotopic (exact) mass is 538 g/mol. The molecule has 0 saturated carbocycles. The molecule has 3 N–H and O–H groups in total. The highest BCUT2D eigenvalue weighted by Crippen LogP contribution is 2.49. The number of esters is 1. The molecule has 0 spiro atoms. The number of benzene rings is 2. The molecule has 0 aromatic heterocycles. The van der Waals surface area contributed by atoms with Crippen molar-refractivity contribution in [3.63, 3.8) is 0 Å². The first-order valence-electron chi connectivity index (χ1n) is 11.1. The van der Waals surface area contributed by atoms with Crippen LogP contribution in [0, 0.1) is 11.2 Å². The summed E-state index contributed by atoms with van der Waals surface area (Å²) >= 11 is 9.65.